The van der Waals surface area contributed by atoms with E-state index in [1.807, 2.05) is 0 Å². The second-order valence-electron chi connectivity index (χ2n) is 25.9. The number of aromatic nitrogens is 2. The Hall–Kier alpha value is -7.20. The van der Waals surface area contributed by atoms with Gasteiger partial charge in [0.25, 0.3) is 0 Å². The third kappa shape index (κ3) is 9.25. The van der Waals surface area contributed by atoms with Gasteiger partial charge in [-0.15, -0.1) is 0 Å². The molecule has 0 saturated heterocycles. The maximum absolute atomic E-state index is 2.61. The number of benzene rings is 9. The van der Waals surface area contributed by atoms with Crippen molar-refractivity contribution in [3.8, 4) is 11.4 Å². The lowest BCUT2D eigenvalue weighted by Gasteiger charge is -2.34. The molecule has 0 bridgehead atoms. The monoisotopic (exact) mass is 1010 g/mol. The molecule has 11 aromatic rings. The van der Waals surface area contributed by atoms with Gasteiger partial charge in [0, 0.05) is 32.9 Å². The smallest absolute Gasteiger partial charge is 0.179 e. The van der Waals surface area contributed by atoms with Crippen LogP contribution < -0.4 is 20.7 Å². The number of nitrogens with zero attached hydrogens (tertiary/aromatic N) is 2. The highest BCUT2D eigenvalue weighted by Crippen LogP contribution is 2.41. The van der Waals surface area contributed by atoms with E-state index in [1.165, 1.54) is 109 Å². The Kier molecular flexibility index (Phi) is 12.8. The summed E-state index contributed by atoms with van der Waals surface area (Å²) in [5.41, 5.74) is 15.5. The molecule has 0 fully saturated rings. The predicted octanol–water partition coefficient (Wildman–Crippen LogP) is 16.6. The van der Waals surface area contributed by atoms with E-state index < -0.39 is 8.07 Å². The summed E-state index contributed by atoms with van der Waals surface area (Å²) in [7, 11) is -2.61. The van der Waals surface area contributed by atoms with E-state index in [9.17, 15) is 0 Å². The fourth-order valence-corrected chi connectivity index (χ4v) is 16.8. The highest BCUT2D eigenvalue weighted by atomic mass is 28.3. The van der Waals surface area contributed by atoms with E-state index >= 15 is 0 Å². The molecule has 9 aromatic carbocycles. The highest BCUT2D eigenvalue weighted by molar-refractivity contribution is 7.19. The van der Waals surface area contributed by atoms with Crippen LogP contribution in [-0.2, 0) is 34.5 Å². The van der Waals surface area contributed by atoms with Crippen molar-refractivity contribution in [2.75, 3.05) is 0 Å². The molecule has 11 rings (SSSR count). The topological polar surface area (TPSA) is 9.86 Å². The molecule has 0 aliphatic rings. The van der Waals surface area contributed by atoms with E-state index in [1.54, 1.807) is 0 Å². The molecule has 0 aliphatic carbocycles. The number of aryl methyl sites for hydroxylation is 2. The lowest BCUT2D eigenvalue weighted by molar-refractivity contribution is 0.590. The van der Waals surface area contributed by atoms with Crippen LogP contribution in [0.5, 0.6) is 0 Å². The summed E-state index contributed by atoms with van der Waals surface area (Å²) in [5.74, 6) is 0. The largest absolute Gasteiger partial charge is 0.309 e. The minimum Gasteiger partial charge on any atom is -0.309 e. The lowest BCUT2D eigenvalue weighted by Crippen LogP contribution is -2.74. The van der Waals surface area contributed by atoms with Crippen LogP contribution in [0.2, 0.25) is 0 Å². The summed E-state index contributed by atoms with van der Waals surface area (Å²) in [6.45, 7) is 27.9. The van der Waals surface area contributed by atoms with Gasteiger partial charge in [0.05, 0.1) is 22.1 Å². The fraction of sp³-hybridized carbons (Fsp3) is 0.260. The quantitative estimate of drug-likeness (QED) is 0.0954. The number of hydrogen-bond acceptors (Lipinski definition) is 0. The summed E-state index contributed by atoms with van der Waals surface area (Å²) in [6, 6.07) is 79.8. The number of hydrogen-bond donors (Lipinski definition) is 0. The molecule has 0 unspecified atom stereocenters. The first-order valence-electron chi connectivity index (χ1n) is 27.8. The van der Waals surface area contributed by atoms with Crippen molar-refractivity contribution in [3.63, 3.8) is 0 Å². The highest BCUT2D eigenvalue weighted by Gasteiger charge is 2.41. The van der Waals surface area contributed by atoms with E-state index in [2.05, 4.69) is 298 Å². The maximum Gasteiger partial charge on any atom is 0.179 e. The molecule has 0 N–H and O–H groups in total. The average molecular weight is 1010 g/mol. The molecule has 2 nitrogen and oxygen atoms in total. The van der Waals surface area contributed by atoms with Crippen LogP contribution >= 0.6 is 0 Å². The van der Waals surface area contributed by atoms with Crippen molar-refractivity contribution in [1.29, 1.82) is 0 Å². The van der Waals surface area contributed by atoms with Gasteiger partial charge in [0.2, 0.25) is 0 Å². The van der Waals surface area contributed by atoms with Crippen molar-refractivity contribution in [1.82, 2.24) is 9.13 Å². The number of fused-ring (bicyclic) bond motifs is 6. The van der Waals surface area contributed by atoms with Gasteiger partial charge in [0.1, 0.15) is 0 Å². The molecular formula is C73H76N2Si. The Morgan fingerprint density at radius 1 is 0.289 bits per heavy atom. The molecule has 76 heavy (non-hydrogen) atoms. The Morgan fingerprint density at radius 3 is 0.882 bits per heavy atom. The molecule has 0 amide bonds. The minimum absolute atomic E-state index is 0.0185. The molecular weight excluding hydrogens is 933 g/mol. The first kappa shape index (κ1) is 50.9. The summed E-state index contributed by atoms with van der Waals surface area (Å²) < 4.78 is 5.11. The third-order valence-electron chi connectivity index (χ3n) is 16.4. The zero-order valence-corrected chi connectivity index (χ0v) is 48.1. The summed E-state index contributed by atoms with van der Waals surface area (Å²) in [4.78, 5) is 0. The number of rotatable bonds is 10. The van der Waals surface area contributed by atoms with Gasteiger partial charge in [-0.25, -0.2) is 0 Å². The Labute approximate surface area is 454 Å². The van der Waals surface area contributed by atoms with Crippen LogP contribution in [0.1, 0.15) is 123 Å². The van der Waals surface area contributed by atoms with Crippen LogP contribution in [0.15, 0.2) is 206 Å². The molecule has 0 saturated carbocycles. The summed E-state index contributed by atoms with van der Waals surface area (Å²) in [6.07, 6.45) is 2.95. The standard InChI is InChI=1S/C73H76N2Si/c1-70(2,3)52-33-39-66-62(45-52)63-46-53(71(4,5)6)34-40-67(63)74(66)56-43-51(44-57(49-56)75-68-41-35-54(72(7,8)9)47-64(68)65-48-55(73(10,11)12)36-42-69(65)75)24-22-23-50-31-37-61(38-32-50)76(58-25-16-13-17-26-58,59-27-18-14-19-28-59)60-29-20-15-21-30-60/h13-21,25-49H,22-24H2,1-12H3. The van der Waals surface area contributed by atoms with Gasteiger partial charge in [-0.05, 0) is 162 Å². The van der Waals surface area contributed by atoms with Crippen LogP contribution in [0.25, 0.3) is 55.0 Å². The van der Waals surface area contributed by atoms with Crippen molar-refractivity contribution in [3.05, 3.63) is 240 Å². The second-order valence-corrected chi connectivity index (χ2v) is 29.7. The van der Waals surface area contributed by atoms with Crippen molar-refractivity contribution < 1.29 is 0 Å². The van der Waals surface area contributed by atoms with Gasteiger partial charge < -0.3 is 9.13 Å². The van der Waals surface area contributed by atoms with E-state index in [-0.39, 0.29) is 21.7 Å². The molecule has 2 aromatic heterocycles. The second kappa shape index (κ2) is 19.1. The Balaban J connectivity index is 1.06. The minimum atomic E-state index is -2.61. The van der Waals surface area contributed by atoms with Crippen LogP contribution in [0, 0.1) is 0 Å². The Bertz CT molecular complexity index is 3490. The van der Waals surface area contributed by atoms with E-state index in [0.717, 1.165) is 19.3 Å². The molecule has 3 heteroatoms. The van der Waals surface area contributed by atoms with Crippen LogP contribution in [-0.4, -0.2) is 17.2 Å². The van der Waals surface area contributed by atoms with E-state index in [4.69, 9.17) is 0 Å². The van der Waals surface area contributed by atoms with Crippen LogP contribution in [0.4, 0.5) is 0 Å². The average Bonchev–Trinajstić information content (AvgIpc) is 3.91. The zero-order valence-electron chi connectivity index (χ0n) is 47.1. The van der Waals surface area contributed by atoms with Gasteiger partial charge in [-0.2, -0.15) is 0 Å². The van der Waals surface area contributed by atoms with Gasteiger partial charge >= 0.3 is 0 Å². The SMILES string of the molecule is CC(C)(C)c1ccc2c(c1)c1cc(C(C)(C)C)ccc1n2-c1cc(CCCc2ccc([Si](c3ccccc3)(c3ccccc3)c3ccccc3)cc2)cc(-n2c3ccc(C(C)(C)C)cc3c3cc(C(C)(C)C)ccc32)c1. The lowest BCUT2D eigenvalue weighted by atomic mass is 9.85. The first-order chi connectivity index (χ1) is 36.2. The third-order valence-corrected chi connectivity index (χ3v) is 21.2. The molecule has 382 valence electrons. The van der Waals surface area contributed by atoms with E-state index in [0.29, 0.717) is 0 Å². The zero-order chi connectivity index (χ0) is 53.4. The molecule has 0 spiro atoms. The normalized spacial score (nSPS) is 12.9. The Morgan fingerprint density at radius 2 is 0.579 bits per heavy atom. The molecule has 0 atom stereocenters. The molecule has 0 radical (unpaired) electrons. The molecule has 0 aliphatic heterocycles. The van der Waals surface area contributed by atoms with Crippen LogP contribution in [0.3, 0.4) is 0 Å². The maximum atomic E-state index is 2.56. The molecule has 2 heterocycles. The van der Waals surface area contributed by atoms with Crippen molar-refractivity contribution in [2.45, 2.75) is 124 Å². The van der Waals surface area contributed by atoms with Gasteiger partial charge in [-0.3, -0.25) is 0 Å². The van der Waals surface area contributed by atoms with Gasteiger partial charge in [-0.1, -0.05) is 223 Å². The first-order valence-corrected chi connectivity index (χ1v) is 29.8. The summed E-state index contributed by atoms with van der Waals surface area (Å²) in [5, 5.41) is 10.8. The van der Waals surface area contributed by atoms with Crippen molar-refractivity contribution >= 4 is 72.4 Å². The van der Waals surface area contributed by atoms with Gasteiger partial charge in [0.15, 0.2) is 8.07 Å². The predicted molar refractivity (Wildman–Crippen MR) is 332 cm³/mol. The van der Waals surface area contributed by atoms with Crippen molar-refractivity contribution in [2.24, 2.45) is 0 Å². The summed E-state index contributed by atoms with van der Waals surface area (Å²) >= 11 is 0. The fourth-order valence-electron chi connectivity index (χ4n) is 12.0.